The first kappa shape index (κ1) is 7.31. The minimum Gasteiger partial charge on any atom is -0.443 e. The molecule has 2 rings (SSSR count). The van der Waals surface area contributed by atoms with Crippen LogP contribution in [0.1, 0.15) is 0 Å². The standard InChI is InChI=1S/C8H5ClN2O/c9-8-6(2-1-3-11-8)7-4-10-5-12-7/h1-5H. The first-order valence-electron chi connectivity index (χ1n) is 3.37. The van der Waals surface area contributed by atoms with Gasteiger partial charge in [0.2, 0.25) is 0 Å². The number of oxazole rings is 1. The van der Waals surface area contributed by atoms with Gasteiger partial charge in [0.25, 0.3) is 0 Å². The van der Waals surface area contributed by atoms with Crippen molar-refractivity contribution in [2.24, 2.45) is 0 Å². The van der Waals surface area contributed by atoms with E-state index in [1.165, 1.54) is 6.39 Å². The summed E-state index contributed by atoms with van der Waals surface area (Å²) in [5.41, 5.74) is 0.761. The molecule has 0 aliphatic rings. The Balaban J connectivity index is 2.55. The zero-order valence-electron chi connectivity index (χ0n) is 6.07. The molecule has 0 amide bonds. The lowest BCUT2D eigenvalue weighted by Crippen LogP contribution is -1.78. The summed E-state index contributed by atoms with van der Waals surface area (Å²) in [7, 11) is 0. The highest BCUT2D eigenvalue weighted by Gasteiger charge is 2.05. The molecule has 2 aromatic heterocycles. The summed E-state index contributed by atoms with van der Waals surface area (Å²) in [5.74, 6) is 0.633. The van der Waals surface area contributed by atoms with E-state index in [9.17, 15) is 0 Å². The molecule has 12 heavy (non-hydrogen) atoms. The van der Waals surface area contributed by atoms with Crippen LogP contribution in [0, 0.1) is 0 Å². The van der Waals surface area contributed by atoms with Gasteiger partial charge in [0.15, 0.2) is 12.2 Å². The third-order valence-corrected chi connectivity index (χ3v) is 1.76. The molecule has 3 nitrogen and oxygen atoms in total. The van der Waals surface area contributed by atoms with Gasteiger partial charge in [-0.15, -0.1) is 0 Å². The smallest absolute Gasteiger partial charge is 0.181 e. The fourth-order valence-electron chi connectivity index (χ4n) is 0.919. The Hall–Kier alpha value is -1.35. The van der Waals surface area contributed by atoms with Crippen LogP contribution in [0.4, 0.5) is 0 Å². The lowest BCUT2D eigenvalue weighted by molar-refractivity contribution is 0.572. The van der Waals surface area contributed by atoms with Crippen molar-refractivity contribution in [3.05, 3.63) is 36.1 Å². The van der Waals surface area contributed by atoms with Crippen LogP contribution in [0.15, 0.2) is 35.3 Å². The lowest BCUT2D eigenvalue weighted by atomic mass is 10.2. The molecule has 0 aliphatic carbocycles. The summed E-state index contributed by atoms with van der Waals surface area (Å²) in [5, 5.41) is 0.425. The lowest BCUT2D eigenvalue weighted by Gasteiger charge is -1.95. The molecule has 0 saturated carbocycles. The van der Waals surface area contributed by atoms with E-state index in [2.05, 4.69) is 9.97 Å². The highest BCUT2D eigenvalue weighted by atomic mass is 35.5. The zero-order valence-corrected chi connectivity index (χ0v) is 6.82. The van der Waals surface area contributed by atoms with E-state index in [4.69, 9.17) is 16.0 Å². The van der Waals surface area contributed by atoms with Crippen molar-refractivity contribution >= 4 is 11.6 Å². The average molecular weight is 181 g/mol. The first-order chi connectivity index (χ1) is 5.88. The van der Waals surface area contributed by atoms with E-state index in [-0.39, 0.29) is 0 Å². The van der Waals surface area contributed by atoms with Crippen LogP contribution >= 0.6 is 11.6 Å². The predicted octanol–water partition coefficient (Wildman–Crippen LogP) is 2.39. The molecule has 0 bridgehead atoms. The molecule has 0 N–H and O–H groups in total. The van der Waals surface area contributed by atoms with E-state index in [1.807, 2.05) is 6.07 Å². The van der Waals surface area contributed by atoms with Crippen LogP contribution in [0.5, 0.6) is 0 Å². The van der Waals surface area contributed by atoms with Crippen LogP contribution in [0.3, 0.4) is 0 Å². The number of nitrogens with zero attached hydrogens (tertiary/aromatic N) is 2. The minimum absolute atomic E-state index is 0.425. The predicted molar refractivity (Wildman–Crippen MR) is 44.7 cm³/mol. The van der Waals surface area contributed by atoms with Gasteiger partial charge in [0, 0.05) is 6.20 Å². The fourth-order valence-corrected chi connectivity index (χ4v) is 1.13. The summed E-state index contributed by atoms with van der Waals surface area (Å²) in [6.45, 7) is 0. The van der Waals surface area contributed by atoms with Crippen molar-refractivity contribution in [2.45, 2.75) is 0 Å². The van der Waals surface area contributed by atoms with Crippen molar-refractivity contribution in [3.8, 4) is 11.3 Å². The Kier molecular flexibility index (Phi) is 1.80. The number of aromatic nitrogens is 2. The Morgan fingerprint density at radius 3 is 3.00 bits per heavy atom. The van der Waals surface area contributed by atoms with Gasteiger partial charge < -0.3 is 4.42 Å². The third kappa shape index (κ3) is 1.19. The summed E-state index contributed by atoms with van der Waals surface area (Å²) < 4.78 is 5.06. The maximum Gasteiger partial charge on any atom is 0.181 e. The number of halogens is 1. The summed E-state index contributed by atoms with van der Waals surface area (Å²) in [4.78, 5) is 7.70. The van der Waals surface area contributed by atoms with Crippen LogP contribution in [-0.2, 0) is 0 Å². The highest BCUT2D eigenvalue weighted by molar-refractivity contribution is 6.31. The van der Waals surface area contributed by atoms with Crippen molar-refractivity contribution in [2.75, 3.05) is 0 Å². The van der Waals surface area contributed by atoms with Crippen LogP contribution < -0.4 is 0 Å². The second-order valence-electron chi connectivity index (χ2n) is 2.21. The quantitative estimate of drug-likeness (QED) is 0.633. The molecular formula is C8H5ClN2O. The summed E-state index contributed by atoms with van der Waals surface area (Å²) >= 11 is 5.82. The van der Waals surface area contributed by atoms with Crippen LogP contribution in [0.2, 0.25) is 5.15 Å². The molecule has 0 radical (unpaired) electrons. The molecule has 4 heteroatoms. The van der Waals surface area contributed by atoms with Crippen molar-refractivity contribution in [1.82, 2.24) is 9.97 Å². The molecule has 60 valence electrons. The molecule has 0 spiro atoms. The molecule has 0 saturated heterocycles. The number of hydrogen-bond acceptors (Lipinski definition) is 3. The normalized spacial score (nSPS) is 10.1. The first-order valence-corrected chi connectivity index (χ1v) is 3.75. The van der Waals surface area contributed by atoms with Crippen molar-refractivity contribution in [1.29, 1.82) is 0 Å². The topological polar surface area (TPSA) is 38.9 Å². The number of rotatable bonds is 1. The molecule has 0 aliphatic heterocycles. The molecule has 2 aromatic rings. The highest BCUT2D eigenvalue weighted by Crippen LogP contribution is 2.24. The van der Waals surface area contributed by atoms with E-state index in [1.54, 1.807) is 18.5 Å². The Labute approximate surface area is 74.0 Å². The molecule has 2 heterocycles. The summed E-state index contributed by atoms with van der Waals surface area (Å²) in [6, 6.07) is 3.62. The van der Waals surface area contributed by atoms with Crippen molar-refractivity contribution in [3.63, 3.8) is 0 Å². The van der Waals surface area contributed by atoms with Crippen LogP contribution in [0.25, 0.3) is 11.3 Å². The Morgan fingerprint density at radius 2 is 2.33 bits per heavy atom. The fraction of sp³-hybridized carbons (Fsp3) is 0. The van der Waals surface area contributed by atoms with E-state index in [0.717, 1.165) is 5.56 Å². The van der Waals surface area contributed by atoms with Gasteiger partial charge in [-0.3, -0.25) is 0 Å². The van der Waals surface area contributed by atoms with Gasteiger partial charge in [0.1, 0.15) is 5.15 Å². The number of pyridine rings is 1. The second-order valence-corrected chi connectivity index (χ2v) is 2.57. The van der Waals surface area contributed by atoms with Gasteiger partial charge in [0.05, 0.1) is 11.8 Å². The molecular weight excluding hydrogens is 176 g/mol. The monoisotopic (exact) mass is 180 g/mol. The van der Waals surface area contributed by atoms with E-state index >= 15 is 0 Å². The van der Waals surface area contributed by atoms with E-state index < -0.39 is 0 Å². The maximum atomic E-state index is 5.82. The van der Waals surface area contributed by atoms with Gasteiger partial charge in [-0.1, -0.05) is 11.6 Å². The summed E-state index contributed by atoms with van der Waals surface area (Å²) in [6.07, 6.45) is 4.59. The zero-order chi connectivity index (χ0) is 8.39. The Bertz CT molecular complexity index is 372. The largest absolute Gasteiger partial charge is 0.443 e. The molecule has 0 fully saturated rings. The van der Waals surface area contributed by atoms with Gasteiger partial charge in [-0.2, -0.15) is 0 Å². The van der Waals surface area contributed by atoms with Crippen molar-refractivity contribution < 1.29 is 4.42 Å². The van der Waals surface area contributed by atoms with E-state index in [0.29, 0.717) is 10.9 Å². The minimum atomic E-state index is 0.425. The third-order valence-electron chi connectivity index (χ3n) is 1.46. The van der Waals surface area contributed by atoms with Crippen LogP contribution in [-0.4, -0.2) is 9.97 Å². The Morgan fingerprint density at radius 1 is 1.42 bits per heavy atom. The average Bonchev–Trinajstić information content (AvgIpc) is 2.57. The number of hydrogen-bond donors (Lipinski definition) is 0. The van der Waals surface area contributed by atoms with Gasteiger partial charge in [-0.05, 0) is 12.1 Å². The molecule has 0 aromatic carbocycles. The SMILES string of the molecule is Clc1ncccc1-c1cnco1. The van der Waals surface area contributed by atoms with Gasteiger partial charge >= 0.3 is 0 Å². The molecule has 0 atom stereocenters. The molecule has 0 unspecified atom stereocenters. The maximum absolute atomic E-state index is 5.82. The van der Waals surface area contributed by atoms with Gasteiger partial charge in [-0.25, -0.2) is 9.97 Å². The second kappa shape index (κ2) is 2.95.